The maximum absolute atomic E-state index is 11.6. The molecule has 0 spiro atoms. The number of benzene rings is 1. The van der Waals surface area contributed by atoms with Crippen LogP contribution in [-0.2, 0) is 0 Å². The first-order valence-corrected chi connectivity index (χ1v) is 5.04. The fourth-order valence-corrected chi connectivity index (χ4v) is 1.84. The first-order valence-electron chi connectivity index (χ1n) is 4.66. The topological polar surface area (TPSA) is 48.0 Å². The van der Waals surface area contributed by atoms with Crippen molar-refractivity contribution in [1.29, 1.82) is 0 Å². The molecule has 0 fully saturated rings. The lowest BCUT2D eigenvalue weighted by molar-refractivity contribution is 0.572. The molecular formula is C11H12Cl2N2O. The van der Waals surface area contributed by atoms with Crippen molar-refractivity contribution in [2.75, 3.05) is 0 Å². The molecule has 0 aliphatic carbocycles. The molecular weight excluding hydrogens is 247 g/mol. The zero-order valence-corrected chi connectivity index (χ0v) is 10.3. The second-order valence-electron chi connectivity index (χ2n) is 3.49. The van der Waals surface area contributed by atoms with Crippen LogP contribution >= 0.6 is 24.0 Å². The van der Waals surface area contributed by atoms with Gasteiger partial charge >= 0.3 is 0 Å². The van der Waals surface area contributed by atoms with Crippen molar-refractivity contribution in [2.24, 2.45) is 5.73 Å². The normalized spacial score (nSPS) is 12.2. The standard InChI is InChI=1S/C11H11ClN2O.ClH/c1-7(13)14-10-4-3-9(12)6-8(10)2-5-11(14)15;/h2-7H,13H2,1H3;1H. The van der Waals surface area contributed by atoms with Gasteiger partial charge in [0, 0.05) is 11.1 Å². The van der Waals surface area contributed by atoms with E-state index in [0.717, 1.165) is 10.9 Å². The van der Waals surface area contributed by atoms with Gasteiger partial charge in [0.25, 0.3) is 5.56 Å². The summed E-state index contributed by atoms with van der Waals surface area (Å²) in [5, 5.41) is 1.57. The first-order chi connectivity index (χ1) is 7.09. The summed E-state index contributed by atoms with van der Waals surface area (Å²) < 4.78 is 1.55. The fraction of sp³-hybridized carbons (Fsp3) is 0.182. The van der Waals surface area contributed by atoms with Crippen molar-refractivity contribution in [2.45, 2.75) is 13.1 Å². The summed E-state index contributed by atoms with van der Waals surface area (Å²) in [4.78, 5) is 11.6. The molecule has 1 heterocycles. The third kappa shape index (κ3) is 2.21. The van der Waals surface area contributed by atoms with Gasteiger partial charge in [-0.2, -0.15) is 0 Å². The van der Waals surface area contributed by atoms with Gasteiger partial charge in [-0.1, -0.05) is 11.6 Å². The van der Waals surface area contributed by atoms with Crippen molar-refractivity contribution in [3.63, 3.8) is 0 Å². The van der Waals surface area contributed by atoms with E-state index in [1.54, 1.807) is 23.6 Å². The highest BCUT2D eigenvalue weighted by Gasteiger charge is 2.06. The summed E-state index contributed by atoms with van der Waals surface area (Å²) in [7, 11) is 0. The molecule has 0 aliphatic rings. The number of fused-ring (bicyclic) bond motifs is 1. The Morgan fingerprint density at radius 3 is 2.62 bits per heavy atom. The second kappa shape index (κ2) is 4.87. The molecule has 1 aromatic heterocycles. The molecule has 2 rings (SSSR count). The first kappa shape index (κ1) is 13.0. The SMILES string of the molecule is CC(N)n1c(=O)ccc2cc(Cl)ccc21.Cl. The second-order valence-corrected chi connectivity index (χ2v) is 3.92. The summed E-state index contributed by atoms with van der Waals surface area (Å²) in [6, 6.07) is 8.63. The van der Waals surface area contributed by atoms with Crippen LogP contribution in [0.3, 0.4) is 0 Å². The van der Waals surface area contributed by atoms with Crippen LogP contribution in [-0.4, -0.2) is 4.57 Å². The lowest BCUT2D eigenvalue weighted by Gasteiger charge is -2.13. The van der Waals surface area contributed by atoms with Crippen molar-refractivity contribution in [3.8, 4) is 0 Å². The number of pyridine rings is 1. The van der Waals surface area contributed by atoms with Crippen molar-refractivity contribution in [1.82, 2.24) is 4.57 Å². The lowest BCUT2D eigenvalue weighted by Crippen LogP contribution is -2.27. The van der Waals surface area contributed by atoms with Crippen LogP contribution in [0.25, 0.3) is 10.9 Å². The molecule has 16 heavy (non-hydrogen) atoms. The molecule has 86 valence electrons. The zero-order valence-electron chi connectivity index (χ0n) is 8.68. The molecule has 1 unspecified atom stereocenters. The maximum atomic E-state index is 11.6. The summed E-state index contributed by atoms with van der Waals surface area (Å²) in [5.74, 6) is 0. The minimum atomic E-state index is -0.345. The predicted octanol–water partition coefficient (Wildman–Crippen LogP) is 2.55. The molecule has 5 heteroatoms. The summed E-state index contributed by atoms with van der Waals surface area (Å²) in [6.07, 6.45) is -0.345. The van der Waals surface area contributed by atoms with E-state index in [1.807, 2.05) is 12.1 Å². The Labute approximate surface area is 104 Å². The van der Waals surface area contributed by atoms with Gasteiger partial charge in [-0.3, -0.25) is 9.36 Å². The van der Waals surface area contributed by atoms with Gasteiger partial charge in [-0.05, 0) is 36.6 Å². The number of nitrogens with two attached hydrogens (primary N) is 1. The average molecular weight is 259 g/mol. The Morgan fingerprint density at radius 1 is 1.31 bits per heavy atom. The molecule has 1 atom stereocenters. The van der Waals surface area contributed by atoms with Crippen LogP contribution in [0.5, 0.6) is 0 Å². The van der Waals surface area contributed by atoms with Gasteiger partial charge in [0.2, 0.25) is 0 Å². The fourth-order valence-electron chi connectivity index (χ4n) is 1.66. The third-order valence-corrected chi connectivity index (χ3v) is 2.53. The van der Waals surface area contributed by atoms with Crippen molar-refractivity contribution in [3.05, 3.63) is 45.7 Å². The van der Waals surface area contributed by atoms with E-state index < -0.39 is 0 Å². The Hall–Kier alpha value is -1.03. The number of halogens is 2. The van der Waals surface area contributed by atoms with E-state index in [2.05, 4.69) is 0 Å². The molecule has 2 N–H and O–H groups in total. The number of nitrogens with zero attached hydrogens (tertiary/aromatic N) is 1. The minimum absolute atomic E-state index is 0. The number of rotatable bonds is 1. The Balaban J connectivity index is 0.00000128. The van der Waals surface area contributed by atoms with Crippen LogP contribution in [0.2, 0.25) is 5.02 Å². The van der Waals surface area contributed by atoms with Gasteiger partial charge in [0.1, 0.15) is 0 Å². The third-order valence-electron chi connectivity index (χ3n) is 2.30. The molecule has 0 aliphatic heterocycles. The summed E-state index contributed by atoms with van der Waals surface area (Å²) in [6.45, 7) is 1.77. The molecule has 0 saturated carbocycles. The van der Waals surface area contributed by atoms with Crippen LogP contribution < -0.4 is 11.3 Å². The van der Waals surface area contributed by atoms with E-state index in [-0.39, 0.29) is 24.1 Å². The Kier molecular flexibility index (Phi) is 3.97. The number of hydrogen-bond acceptors (Lipinski definition) is 2. The molecule has 3 nitrogen and oxygen atoms in total. The largest absolute Gasteiger partial charge is 0.311 e. The number of hydrogen-bond donors (Lipinski definition) is 1. The molecule has 0 radical (unpaired) electrons. The van der Waals surface area contributed by atoms with E-state index in [9.17, 15) is 4.79 Å². The molecule has 0 amide bonds. The summed E-state index contributed by atoms with van der Waals surface area (Å²) in [5.41, 5.74) is 6.46. The van der Waals surface area contributed by atoms with Crippen molar-refractivity contribution < 1.29 is 0 Å². The lowest BCUT2D eigenvalue weighted by atomic mass is 10.2. The highest BCUT2D eigenvalue weighted by Crippen LogP contribution is 2.18. The van der Waals surface area contributed by atoms with Gasteiger partial charge in [0.15, 0.2) is 0 Å². The molecule has 0 bridgehead atoms. The van der Waals surface area contributed by atoms with E-state index in [1.165, 1.54) is 6.07 Å². The van der Waals surface area contributed by atoms with Gasteiger partial charge in [-0.25, -0.2) is 0 Å². The summed E-state index contributed by atoms with van der Waals surface area (Å²) >= 11 is 5.87. The minimum Gasteiger partial charge on any atom is -0.311 e. The van der Waals surface area contributed by atoms with Crippen LogP contribution in [0.4, 0.5) is 0 Å². The van der Waals surface area contributed by atoms with E-state index in [4.69, 9.17) is 17.3 Å². The predicted molar refractivity (Wildman–Crippen MR) is 69.4 cm³/mol. The van der Waals surface area contributed by atoms with Gasteiger partial charge in [-0.15, -0.1) is 12.4 Å². The van der Waals surface area contributed by atoms with E-state index in [0.29, 0.717) is 5.02 Å². The van der Waals surface area contributed by atoms with Crippen LogP contribution in [0.15, 0.2) is 35.1 Å². The van der Waals surface area contributed by atoms with Crippen molar-refractivity contribution >= 4 is 34.9 Å². The maximum Gasteiger partial charge on any atom is 0.252 e. The number of aromatic nitrogens is 1. The monoisotopic (exact) mass is 258 g/mol. The quantitative estimate of drug-likeness (QED) is 0.855. The average Bonchev–Trinajstić information content (AvgIpc) is 2.17. The highest BCUT2D eigenvalue weighted by atomic mass is 35.5. The zero-order chi connectivity index (χ0) is 11.0. The smallest absolute Gasteiger partial charge is 0.252 e. The molecule has 1 aromatic carbocycles. The highest BCUT2D eigenvalue weighted by molar-refractivity contribution is 6.31. The van der Waals surface area contributed by atoms with Gasteiger partial charge in [0.05, 0.1) is 11.7 Å². The Bertz CT molecular complexity index is 563. The van der Waals surface area contributed by atoms with E-state index >= 15 is 0 Å². The Morgan fingerprint density at radius 2 is 2.00 bits per heavy atom. The van der Waals surface area contributed by atoms with Crippen LogP contribution in [0, 0.1) is 0 Å². The van der Waals surface area contributed by atoms with Crippen LogP contribution in [0.1, 0.15) is 13.1 Å². The molecule has 2 aromatic rings. The molecule has 0 saturated heterocycles. The van der Waals surface area contributed by atoms with Gasteiger partial charge < -0.3 is 5.73 Å².